The van der Waals surface area contributed by atoms with E-state index in [0.717, 1.165) is 23.5 Å². The lowest BCUT2D eigenvalue weighted by atomic mass is 10.2. The Morgan fingerprint density at radius 2 is 2.10 bits per heavy atom. The first-order valence-electron chi connectivity index (χ1n) is 5.26. The molecule has 0 aliphatic carbocycles. The number of aromatic nitrogens is 2. The maximum atomic E-state index is 12.7. The zero-order chi connectivity index (χ0) is 15.6. The number of amides is 2. The lowest BCUT2D eigenvalue weighted by Gasteiger charge is -2.11. The summed E-state index contributed by atoms with van der Waals surface area (Å²) in [5.74, 6) is 0. The quantitative estimate of drug-likeness (QED) is 0.694. The lowest BCUT2D eigenvalue weighted by Crippen LogP contribution is -2.19. The molecule has 1 aromatic carbocycles. The van der Waals surface area contributed by atoms with Gasteiger partial charge >= 0.3 is 12.2 Å². The van der Waals surface area contributed by atoms with Crippen LogP contribution in [0.4, 0.5) is 28.8 Å². The van der Waals surface area contributed by atoms with Crippen molar-refractivity contribution < 1.29 is 18.0 Å². The minimum atomic E-state index is -4.60. The summed E-state index contributed by atoms with van der Waals surface area (Å²) in [4.78, 5) is 11.6. The molecule has 0 spiro atoms. The van der Waals surface area contributed by atoms with Crippen molar-refractivity contribution in [2.75, 3.05) is 10.6 Å². The molecule has 112 valence electrons. The molecule has 0 saturated heterocycles. The fraction of sp³-hybridized carbons (Fsp3) is 0.100. The first-order chi connectivity index (χ1) is 9.75. The number of aromatic amines is 1. The smallest absolute Gasteiger partial charge is 0.308 e. The van der Waals surface area contributed by atoms with E-state index in [1.165, 1.54) is 6.07 Å². The van der Waals surface area contributed by atoms with E-state index in [4.69, 9.17) is 23.8 Å². The van der Waals surface area contributed by atoms with Crippen LogP contribution in [0.5, 0.6) is 0 Å². The lowest BCUT2D eigenvalue weighted by molar-refractivity contribution is -0.137. The maximum Gasteiger partial charge on any atom is 0.417 e. The Morgan fingerprint density at radius 1 is 1.38 bits per heavy atom. The summed E-state index contributed by atoms with van der Waals surface area (Å²) in [6, 6.07) is 2.31. The minimum Gasteiger partial charge on any atom is -0.308 e. The number of rotatable bonds is 2. The van der Waals surface area contributed by atoms with E-state index in [1.54, 1.807) is 0 Å². The summed E-state index contributed by atoms with van der Waals surface area (Å²) in [5, 5.41) is 10.5. The summed E-state index contributed by atoms with van der Waals surface area (Å²) >= 11 is 11.3. The van der Waals surface area contributed by atoms with E-state index in [9.17, 15) is 18.0 Å². The maximum absolute atomic E-state index is 12.7. The van der Waals surface area contributed by atoms with Crippen molar-refractivity contribution in [3.05, 3.63) is 32.7 Å². The number of anilines is 2. The molecule has 21 heavy (non-hydrogen) atoms. The standard InChI is InChI=1S/C10H6ClF3N4OS2/c11-6-2-1-4(3-5(6)10(12,13)14)15-7(19)16-8-17-18-9(20)21-8/h1-3H,(H,18,20)(H2,15,16,17,19). The predicted octanol–water partition coefficient (Wildman–Crippen LogP) is 4.52. The Morgan fingerprint density at radius 3 is 2.67 bits per heavy atom. The molecule has 0 unspecified atom stereocenters. The molecule has 0 radical (unpaired) electrons. The number of H-pyrrole nitrogens is 1. The van der Waals surface area contributed by atoms with Crippen molar-refractivity contribution in [3.63, 3.8) is 0 Å². The normalized spacial score (nSPS) is 11.2. The van der Waals surface area contributed by atoms with Gasteiger partial charge in [-0.25, -0.2) is 4.79 Å². The van der Waals surface area contributed by atoms with E-state index in [2.05, 4.69) is 20.8 Å². The molecule has 5 nitrogen and oxygen atoms in total. The van der Waals surface area contributed by atoms with Crippen molar-refractivity contribution >= 4 is 52.0 Å². The fourth-order valence-corrected chi connectivity index (χ4v) is 2.37. The van der Waals surface area contributed by atoms with E-state index in [0.29, 0.717) is 3.95 Å². The van der Waals surface area contributed by atoms with Crippen LogP contribution >= 0.6 is 35.2 Å². The second kappa shape index (κ2) is 6.00. The van der Waals surface area contributed by atoms with Crippen molar-refractivity contribution in [1.82, 2.24) is 10.2 Å². The summed E-state index contributed by atoms with van der Waals surface area (Å²) in [5.41, 5.74) is -1.08. The molecule has 0 saturated carbocycles. The van der Waals surface area contributed by atoms with E-state index in [1.807, 2.05) is 0 Å². The fourth-order valence-electron chi connectivity index (χ4n) is 1.36. The number of benzene rings is 1. The number of hydrogen-bond donors (Lipinski definition) is 3. The van der Waals surface area contributed by atoms with Crippen LogP contribution in [-0.2, 0) is 6.18 Å². The minimum absolute atomic E-state index is 0.0524. The van der Waals surface area contributed by atoms with Crippen LogP contribution in [0.2, 0.25) is 5.02 Å². The zero-order valence-corrected chi connectivity index (χ0v) is 12.3. The van der Waals surface area contributed by atoms with Crippen molar-refractivity contribution in [2.45, 2.75) is 6.18 Å². The van der Waals surface area contributed by atoms with Crippen LogP contribution in [0.25, 0.3) is 0 Å². The molecule has 1 heterocycles. The van der Waals surface area contributed by atoms with E-state index >= 15 is 0 Å². The van der Waals surface area contributed by atoms with Crippen molar-refractivity contribution in [2.24, 2.45) is 0 Å². The number of carbonyl (C=O) groups is 1. The van der Waals surface area contributed by atoms with Gasteiger partial charge in [0.25, 0.3) is 0 Å². The Labute approximate surface area is 130 Å². The molecule has 2 amide bonds. The highest BCUT2D eigenvalue weighted by Crippen LogP contribution is 2.36. The number of nitrogens with one attached hydrogen (secondary N) is 3. The first kappa shape index (κ1) is 15.7. The molecule has 2 rings (SSSR count). The number of urea groups is 1. The van der Waals surface area contributed by atoms with Crippen LogP contribution in [0, 0.1) is 3.95 Å². The predicted molar refractivity (Wildman–Crippen MR) is 76.4 cm³/mol. The molecular weight excluding hydrogens is 349 g/mol. The highest BCUT2D eigenvalue weighted by molar-refractivity contribution is 7.73. The van der Waals surface area contributed by atoms with Gasteiger partial charge < -0.3 is 5.32 Å². The number of halogens is 4. The van der Waals surface area contributed by atoms with Crippen molar-refractivity contribution in [1.29, 1.82) is 0 Å². The van der Waals surface area contributed by atoms with Gasteiger partial charge in [-0.1, -0.05) is 22.9 Å². The Bertz CT molecular complexity index is 728. The van der Waals surface area contributed by atoms with Crippen LogP contribution in [0.3, 0.4) is 0 Å². The third-order valence-corrected chi connectivity index (χ3v) is 3.52. The third-order valence-electron chi connectivity index (χ3n) is 2.19. The number of nitrogens with zero attached hydrogens (tertiary/aromatic N) is 1. The molecule has 11 heteroatoms. The molecule has 0 aliphatic heterocycles. The average molecular weight is 355 g/mol. The van der Waals surface area contributed by atoms with Gasteiger partial charge in [0.05, 0.1) is 10.6 Å². The molecule has 0 bridgehead atoms. The topological polar surface area (TPSA) is 69.8 Å². The van der Waals surface area contributed by atoms with Gasteiger partial charge in [-0.05, 0) is 30.4 Å². The Balaban J connectivity index is 2.12. The van der Waals surface area contributed by atoms with Gasteiger partial charge in [-0.3, -0.25) is 10.4 Å². The molecule has 0 fully saturated rings. The highest BCUT2D eigenvalue weighted by Gasteiger charge is 2.33. The van der Waals surface area contributed by atoms with Gasteiger partial charge in [-0.2, -0.15) is 13.2 Å². The number of hydrogen-bond acceptors (Lipinski definition) is 4. The summed E-state index contributed by atoms with van der Waals surface area (Å²) in [6.45, 7) is 0. The Kier molecular flexibility index (Phi) is 4.49. The average Bonchev–Trinajstić information content (AvgIpc) is 2.75. The third kappa shape index (κ3) is 4.16. The van der Waals surface area contributed by atoms with Gasteiger partial charge in [0.15, 0.2) is 3.95 Å². The first-order valence-corrected chi connectivity index (χ1v) is 6.86. The number of carbonyl (C=O) groups excluding carboxylic acids is 1. The molecule has 0 atom stereocenters. The second-order valence-electron chi connectivity index (χ2n) is 3.69. The highest BCUT2D eigenvalue weighted by atomic mass is 35.5. The van der Waals surface area contributed by atoms with E-state index < -0.39 is 22.8 Å². The van der Waals surface area contributed by atoms with Gasteiger partial charge in [0.1, 0.15) is 0 Å². The van der Waals surface area contributed by atoms with Gasteiger partial charge in [-0.15, -0.1) is 5.10 Å². The Hall–Kier alpha value is -1.65. The van der Waals surface area contributed by atoms with Crippen LogP contribution < -0.4 is 10.6 Å². The van der Waals surface area contributed by atoms with Crippen LogP contribution in [0.15, 0.2) is 18.2 Å². The SMILES string of the molecule is O=C(Nc1ccc(Cl)c(C(F)(F)F)c1)Nc1n[nH]c(=S)s1. The molecule has 2 aromatic rings. The largest absolute Gasteiger partial charge is 0.417 e. The summed E-state index contributed by atoms with van der Waals surface area (Å²) in [7, 11) is 0. The monoisotopic (exact) mass is 354 g/mol. The summed E-state index contributed by atoms with van der Waals surface area (Å²) < 4.78 is 38.4. The molecular formula is C10H6ClF3N4OS2. The zero-order valence-electron chi connectivity index (χ0n) is 9.92. The van der Waals surface area contributed by atoms with Gasteiger partial charge in [0, 0.05) is 5.69 Å². The van der Waals surface area contributed by atoms with Gasteiger partial charge in [0.2, 0.25) is 5.13 Å². The summed E-state index contributed by atoms with van der Waals surface area (Å²) in [6.07, 6.45) is -4.60. The van der Waals surface area contributed by atoms with E-state index in [-0.39, 0.29) is 10.8 Å². The molecule has 1 aromatic heterocycles. The van der Waals surface area contributed by atoms with Crippen molar-refractivity contribution in [3.8, 4) is 0 Å². The number of alkyl halides is 3. The molecule has 3 N–H and O–H groups in total. The van der Waals surface area contributed by atoms with Crippen LogP contribution in [0.1, 0.15) is 5.56 Å². The molecule has 0 aliphatic rings. The van der Waals surface area contributed by atoms with Crippen LogP contribution in [-0.4, -0.2) is 16.2 Å². The second-order valence-corrected chi connectivity index (χ2v) is 5.76.